The van der Waals surface area contributed by atoms with Crippen molar-refractivity contribution in [2.45, 2.75) is 0 Å². The van der Waals surface area contributed by atoms with Crippen molar-refractivity contribution in [1.29, 1.82) is 0 Å². The predicted molar refractivity (Wildman–Crippen MR) is 59.7 cm³/mol. The van der Waals surface area contributed by atoms with Gasteiger partial charge in [0, 0.05) is 4.47 Å². The molecule has 0 N–H and O–H groups in total. The smallest absolute Gasteiger partial charge is 0.181 e. The SMILES string of the molecule is Clc1ccc(Br)c(-c2cnco2)c1Cl. The van der Waals surface area contributed by atoms with E-state index in [1.54, 1.807) is 12.3 Å². The first-order chi connectivity index (χ1) is 6.70. The number of hydrogen-bond donors (Lipinski definition) is 0. The van der Waals surface area contributed by atoms with Crippen LogP contribution >= 0.6 is 39.1 Å². The summed E-state index contributed by atoms with van der Waals surface area (Å²) < 4.78 is 5.97. The van der Waals surface area contributed by atoms with Crippen molar-refractivity contribution in [3.8, 4) is 11.3 Å². The third-order valence-corrected chi connectivity index (χ3v) is 3.19. The molecule has 72 valence electrons. The molecule has 0 amide bonds. The Morgan fingerprint density at radius 1 is 1.29 bits per heavy atom. The molecule has 2 nitrogen and oxygen atoms in total. The minimum Gasteiger partial charge on any atom is -0.443 e. The standard InChI is InChI=1S/C9H4BrCl2NO/c10-5-1-2-6(11)9(12)8(5)7-3-13-4-14-7/h1-4H. The summed E-state index contributed by atoms with van der Waals surface area (Å²) in [5, 5.41) is 0.944. The molecule has 0 bridgehead atoms. The minimum atomic E-state index is 0.456. The maximum absolute atomic E-state index is 6.04. The van der Waals surface area contributed by atoms with Gasteiger partial charge >= 0.3 is 0 Å². The van der Waals surface area contributed by atoms with E-state index in [0.29, 0.717) is 15.8 Å². The Hall–Kier alpha value is -0.510. The first-order valence-electron chi connectivity index (χ1n) is 3.72. The van der Waals surface area contributed by atoms with E-state index in [1.165, 1.54) is 6.39 Å². The molecule has 1 heterocycles. The van der Waals surface area contributed by atoms with E-state index >= 15 is 0 Å². The molecule has 0 aliphatic rings. The first-order valence-corrected chi connectivity index (χ1v) is 5.27. The number of nitrogens with zero attached hydrogens (tertiary/aromatic N) is 1. The van der Waals surface area contributed by atoms with Gasteiger partial charge < -0.3 is 4.42 Å². The van der Waals surface area contributed by atoms with Crippen molar-refractivity contribution in [3.63, 3.8) is 0 Å². The minimum absolute atomic E-state index is 0.456. The number of halogens is 3. The number of rotatable bonds is 1. The second-order valence-corrected chi connectivity index (χ2v) is 4.22. The molecule has 5 heteroatoms. The molecule has 0 radical (unpaired) electrons. The second-order valence-electron chi connectivity index (χ2n) is 2.58. The largest absolute Gasteiger partial charge is 0.443 e. The number of hydrogen-bond acceptors (Lipinski definition) is 2. The van der Waals surface area contributed by atoms with Gasteiger partial charge in [-0.15, -0.1) is 0 Å². The van der Waals surface area contributed by atoms with Gasteiger partial charge in [-0.3, -0.25) is 0 Å². The molecule has 14 heavy (non-hydrogen) atoms. The number of aromatic nitrogens is 1. The third kappa shape index (κ3) is 1.67. The average molecular weight is 293 g/mol. The number of benzene rings is 1. The molecule has 1 aromatic carbocycles. The zero-order chi connectivity index (χ0) is 10.1. The molecule has 0 unspecified atom stereocenters. The lowest BCUT2D eigenvalue weighted by Crippen LogP contribution is -1.80. The van der Waals surface area contributed by atoms with Gasteiger partial charge in [0.1, 0.15) is 0 Å². The lowest BCUT2D eigenvalue weighted by Gasteiger charge is -2.04. The van der Waals surface area contributed by atoms with Crippen molar-refractivity contribution < 1.29 is 4.42 Å². The summed E-state index contributed by atoms with van der Waals surface area (Å²) in [5.41, 5.74) is 0.719. The Morgan fingerprint density at radius 2 is 2.07 bits per heavy atom. The lowest BCUT2D eigenvalue weighted by atomic mass is 10.2. The van der Waals surface area contributed by atoms with Crippen LogP contribution in [0.4, 0.5) is 0 Å². The first kappa shape index (κ1) is 10.0. The van der Waals surface area contributed by atoms with Crippen LogP contribution in [-0.4, -0.2) is 4.98 Å². The van der Waals surface area contributed by atoms with Crippen LogP contribution in [0.15, 0.2) is 33.6 Å². The molecule has 0 saturated heterocycles. The fourth-order valence-corrected chi connectivity index (χ4v) is 2.15. The molecular weight excluding hydrogens is 289 g/mol. The molecule has 0 aliphatic carbocycles. The van der Waals surface area contributed by atoms with E-state index < -0.39 is 0 Å². The van der Waals surface area contributed by atoms with Crippen molar-refractivity contribution in [1.82, 2.24) is 4.98 Å². The Morgan fingerprint density at radius 3 is 2.71 bits per heavy atom. The maximum atomic E-state index is 6.04. The highest BCUT2D eigenvalue weighted by Gasteiger charge is 2.13. The Bertz CT molecular complexity index is 456. The van der Waals surface area contributed by atoms with E-state index in [4.69, 9.17) is 27.6 Å². The maximum Gasteiger partial charge on any atom is 0.181 e. The highest BCUT2D eigenvalue weighted by Crippen LogP contribution is 2.38. The van der Waals surface area contributed by atoms with Crippen LogP contribution in [0.1, 0.15) is 0 Å². The third-order valence-electron chi connectivity index (χ3n) is 1.72. The molecule has 1 aromatic heterocycles. The van der Waals surface area contributed by atoms with Crippen LogP contribution in [0.25, 0.3) is 11.3 Å². The van der Waals surface area contributed by atoms with Crippen LogP contribution in [0.2, 0.25) is 10.0 Å². The highest BCUT2D eigenvalue weighted by atomic mass is 79.9. The summed E-state index contributed by atoms with van der Waals surface area (Å²) in [4.78, 5) is 3.82. The fraction of sp³-hybridized carbons (Fsp3) is 0. The lowest BCUT2D eigenvalue weighted by molar-refractivity contribution is 0.571. The topological polar surface area (TPSA) is 26.0 Å². The fourth-order valence-electron chi connectivity index (χ4n) is 1.09. The van der Waals surface area contributed by atoms with E-state index in [-0.39, 0.29) is 0 Å². The summed E-state index contributed by atoms with van der Waals surface area (Å²) in [6, 6.07) is 3.53. The average Bonchev–Trinajstić information content (AvgIpc) is 2.65. The summed E-state index contributed by atoms with van der Waals surface area (Å²) in [6.45, 7) is 0. The summed E-state index contributed by atoms with van der Waals surface area (Å²) >= 11 is 15.3. The normalized spacial score (nSPS) is 10.5. The van der Waals surface area contributed by atoms with Crippen molar-refractivity contribution in [3.05, 3.63) is 39.2 Å². The van der Waals surface area contributed by atoms with Gasteiger partial charge in [-0.05, 0) is 28.1 Å². The summed E-state index contributed by atoms with van der Waals surface area (Å²) in [7, 11) is 0. The monoisotopic (exact) mass is 291 g/mol. The van der Waals surface area contributed by atoms with Crippen LogP contribution in [0.3, 0.4) is 0 Å². The van der Waals surface area contributed by atoms with Crippen LogP contribution in [-0.2, 0) is 0 Å². The van der Waals surface area contributed by atoms with Gasteiger partial charge in [0.25, 0.3) is 0 Å². The van der Waals surface area contributed by atoms with Gasteiger partial charge in [0.15, 0.2) is 12.2 Å². The quantitative estimate of drug-likeness (QED) is 0.728. The van der Waals surface area contributed by atoms with E-state index in [0.717, 1.165) is 10.0 Å². The summed E-state index contributed by atoms with van der Waals surface area (Å²) in [5.74, 6) is 0.587. The Kier molecular flexibility index (Phi) is 2.81. The van der Waals surface area contributed by atoms with E-state index in [2.05, 4.69) is 20.9 Å². The molecule has 0 saturated carbocycles. The zero-order valence-electron chi connectivity index (χ0n) is 6.80. The van der Waals surface area contributed by atoms with Crippen molar-refractivity contribution in [2.24, 2.45) is 0 Å². The van der Waals surface area contributed by atoms with Crippen molar-refractivity contribution in [2.75, 3.05) is 0 Å². The van der Waals surface area contributed by atoms with Gasteiger partial charge in [0.2, 0.25) is 0 Å². The second kappa shape index (κ2) is 3.93. The Labute approximate surface area is 99.0 Å². The van der Waals surface area contributed by atoms with Crippen molar-refractivity contribution >= 4 is 39.1 Å². The Balaban J connectivity index is 2.69. The molecule has 0 atom stereocenters. The molecular formula is C9H4BrCl2NO. The van der Waals surface area contributed by atoms with Gasteiger partial charge in [-0.25, -0.2) is 4.98 Å². The molecule has 0 fully saturated rings. The molecule has 2 aromatic rings. The highest BCUT2D eigenvalue weighted by molar-refractivity contribution is 9.10. The molecule has 0 aliphatic heterocycles. The van der Waals surface area contributed by atoms with E-state index in [9.17, 15) is 0 Å². The van der Waals surface area contributed by atoms with E-state index in [1.807, 2.05) is 6.07 Å². The molecule has 2 rings (SSSR count). The van der Waals surface area contributed by atoms with Crippen LogP contribution in [0, 0.1) is 0 Å². The van der Waals surface area contributed by atoms with Crippen LogP contribution < -0.4 is 0 Å². The van der Waals surface area contributed by atoms with Gasteiger partial charge in [-0.1, -0.05) is 23.2 Å². The predicted octanol–water partition coefficient (Wildman–Crippen LogP) is 4.41. The number of oxazole rings is 1. The zero-order valence-corrected chi connectivity index (χ0v) is 9.90. The molecule has 0 spiro atoms. The van der Waals surface area contributed by atoms with Gasteiger partial charge in [-0.2, -0.15) is 0 Å². The summed E-state index contributed by atoms with van der Waals surface area (Å²) in [6.07, 6.45) is 2.93. The van der Waals surface area contributed by atoms with Gasteiger partial charge in [0.05, 0.1) is 21.8 Å². The van der Waals surface area contributed by atoms with Crippen LogP contribution in [0.5, 0.6) is 0 Å².